The van der Waals surface area contributed by atoms with E-state index in [4.69, 9.17) is 5.11 Å². The number of nitrogens with one attached hydrogen (secondary N) is 1. The summed E-state index contributed by atoms with van der Waals surface area (Å²) in [6.45, 7) is 0.135. The second-order valence-electron chi connectivity index (χ2n) is 5.01. The summed E-state index contributed by atoms with van der Waals surface area (Å²) in [5.74, 6) is -0.762. The van der Waals surface area contributed by atoms with Crippen molar-refractivity contribution in [2.45, 2.75) is 38.5 Å². The Hall–Kier alpha value is -2.44. The van der Waals surface area contributed by atoms with E-state index in [2.05, 4.69) is 5.32 Å². The van der Waals surface area contributed by atoms with Crippen LogP contribution in [0.25, 0.3) is 0 Å². The predicted molar refractivity (Wildman–Crippen MR) is 81.9 cm³/mol. The Bertz CT molecular complexity index is 530. The topological polar surface area (TPSA) is 110 Å². The first-order chi connectivity index (χ1) is 10.5. The molecule has 120 valence electrons. The molecular formula is C15H20N2O5. The van der Waals surface area contributed by atoms with Gasteiger partial charge in [-0.05, 0) is 18.9 Å². The molecule has 0 aliphatic carbocycles. The molecule has 2 N–H and O–H groups in total. The van der Waals surface area contributed by atoms with Crippen LogP contribution in [-0.2, 0) is 9.59 Å². The summed E-state index contributed by atoms with van der Waals surface area (Å²) in [6.07, 6.45) is 3.59. The number of carbonyl (C=O) groups is 2. The lowest BCUT2D eigenvalue weighted by Crippen LogP contribution is -2.13. The maximum atomic E-state index is 11.7. The summed E-state index contributed by atoms with van der Waals surface area (Å²) < 4.78 is 0. The van der Waals surface area contributed by atoms with Gasteiger partial charge in [0, 0.05) is 30.7 Å². The highest BCUT2D eigenvalue weighted by molar-refractivity contribution is 5.82. The Balaban J connectivity index is 2.19. The van der Waals surface area contributed by atoms with Crippen molar-refractivity contribution in [2.24, 2.45) is 0 Å². The number of nitrogens with zero attached hydrogens (tertiary/aromatic N) is 1. The molecule has 22 heavy (non-hydrogen) atoms. The fraction of sp³-hybridized carbons (Fsp3) is 0.467. The lowest BCUT2D eigenvalue weighted by Gasteiger charge is -2.05. The van der Waals surface area contributed by atoms with Crippen molar-refractivity contribution in [3.05, 3.63) is 34.4 Å². The highest BCUT2D eigenvalue weighted by atomic mass is 16.6. The van der Waals surface area contributed by atoms with E-state index >= 15 is 0 Å². The Morgan fingerprint density at radius 3 is 2.45 bits per heavy atom. The molecule has 0 radical (unpaired) electrons. The molecule has 0 aliphatic heterocycles. The number of benzene rings is 1. The number of nitro groups is 1. The van der Waals surface area contributed by atoms with Crippen LogP contribution >= 0.6 is 0 Å². The van der Waals surface area contributed by atoms with E-state index in [0.717, 1.165) is 19.3 Å². The summed E-state index contributed by atoms with van der Waals surface area (Å²) in [7, 11) is 0. The minimum atomic E-state index is -0.794. The highest BCUT2D eigenvalue weighted by Gasteiger charge is 2.07. The molecule has 0 aliphatic rings. The molecule has 0 spiro atoms. The van der Waals surface area contributed by atoms with Crippen LogP contribution in [0.15, 0.2) is 24.3 Å². The van der Waals surface area contributed by atoms with E-state index in [1.54, 1.807) is 12.1 Å². The number of unbranched alkanes of at least 4 members (excludes halogenated alkanes) is 3. The third kappa shape index (κ3) is 7.37. The Morgan fingerprint density at radius 1 is 1.14 bits per heavy atom. The molecule has 0 fully saturated rings. The molecule has 7 heteroatoms. The fourth-order valence-corrected chi connectivity index (χ4v) is 1.97. The van der Waals surface area contributed by atoms with Crippen molar-refractivity contribution < 1.29 is 19.6 Å². The van der Waals surface area contributed by atoms with Crippen LogP contribution in [0.3, 0.4) is 0 Å². The van der Waals surface area contributed by atoms with E-state index in [0.29, 0.717) is 18.5 Å². The van der Waals surface area contributed by atoms with Gasteiger partial charge in [0.05, 0.1) is 11.5 Å². The van der Waals surface area contributed by atoms with E-state index in [-0.39, 0.29) is 24.4 Å². The smallest absolute Gasteiger partial charge is 0.303 e. The number of carbonyl (C=O) groups excluding carboxylic acids is 1. The largest absolute Gasteiger partial charge is 0.481 e. The molecule has 0 heterocycles. The zero-order valence-corrected chi connectivity index (χ0v) is 12.3. The van der Waals surface area contributed by atoms with Gasteiger partial charge in [0.1, 0.15) is 0 Å². The van der Waals surface area contributed by atoms with Crippen molar-refractivity contribution in [3.63, 3.8) is 0 Å². The van der Waals surface area contributed by atoms with Crippen molar-refractivity contribution >= 4 is 23.1 Å². The van der Waals surface area contributed by atoms with E-state index in [9.17, 15) is 19.7 Å². The van der Waals surface area contributed by atoms with Crippen LogP contribution in [-0.4, -0.2) is 28.3 Å². The SMILES string of the molecule is O=C(O)CCCCCCC(=O)CNc1cccc([N+](=O)[O-])c1. The fourth-order valence-electron chi connectivity index (χ4n) is 1.97. The second-order valence-corrected chi connectivity index (χ2v) is 5.01. The summed E-state index contributed by atoms with van der Waals surface area (Å²) in [4.78, 5) is 32.2. The van der Waals surface area contributed by atoms with Crippen LogP contribution in [0.4, 0.5) is 11.4 Å². The second kappa shape index (κ2) is 9.49. The first-order valence-corrected chi connectivity index (χ1v) is 7.21. The highest BCUT2D eigenvalue weighted by Crippen LogP contribution is 2.16. The normalized spacial score (nSPS) is 10.2. The van der Waals surface area contributed by atoms with Crippen LogP contribution in [0, 0.1) is 10.1 Å². The number of rotatable bonds is 11. The van der Waals surface area contributed by atoms with Crippen LogP contribution in [0.1, 0.15) is 38.5 Å². The van der Waals surface area contributed by atoms with Crippen molar-refractivity contribution in [1.82, 2.24) is 0 Å². The molecule has 0 saturated heterocycles. The quantitative estimate of drug-likeness (QED) is 0.369. The lowest BCUT2D eigenvalue weighted by atomic mass is 10.1. The maximum Gasteiger partial charge on any atom is 0.303 e. The first kappa shape index (κ1) is 17.6. The number of hydrogen-bond acceptors (Lipinski definition) is 5. The monoisotopic (exact) mass is 308 g/mol. The first-order valence-electron chi connectivity index (χ1n) is 7.21. The zero-order chi connectivity index (χ0) is 16.4. The lowest BCUT2D eigenvalue weighted by molar-refractivity contribution is -0.384. The van der Waals surface area contributed by atoms with Crippen molar-refractivity contribution in [2.75, 3.05) is 11.9 Å². The number of anilines is 1. The molecule has 0 aromatic heterocycles. The Labute approximate surface area is 128 Å². The van der Waals surface area contributed by atoms with Gasteiger partial charge in [-0.1, -0.05) is 18.9 Å². The molecule has 0 unspecified atom stereocenters. The van der Waals surface area contributed by atoms with Gasteiger partial charge in [0.25, 0.3) is 5.69 Å². The number of aliphatic carboxylic acids is 1. The summed E-state index contributed by atoms with van der Waals surface area (Å²) in [6, 6.07) is 6.02. The zero-order valence-electron chi connectivity index (χ0n) is 12.3. The number of nitro benzene ring substituents is 1. The number of non-ortho nitro benzene ring substituents is 1. The Kier molecular flexibility index (Phi) is 7.60. The molecule has 1 rings (SSSR count). The molecule has 0 amide bonds. The summed E-state index contributed by atoms with van der Waals surface area (Å²) >= 11 is 0. The van der Waals surface area contributed by atoms with Crippen LogP contribution < -0.4 is 5.32 Å². The van der Waals surface area contributed by atoms with E-state index in [1.807, 2.05) is 0 Å². The predicted octanol–water partition coefficient (Wildman–Crippen LogP) is 3.00. The number of ketones is 1. The standard InChI is InChI=1S/C15H20N2O5/c18-14(8-3-1-2-4-9-15(19)20)11-16-12-6-5-7-13(10-12)17(21)22/h5-7,10,16H,1-4,8-9,11H2,(H,19,20). The third-order valence-corrected chi connectivity index (χ3v) is 3.14. The average Bonchev–Trinajstić information content (AvgIpc) is 2.48. The van der Waals surface area contributed by atoms with Crippen molar-refractivity contribution in [1.29, 1.82) is 0 Å². The van der Waals surface area contributed by atoms with Gasteiger partial charge in [-0.25, -0.2) is 0 Å². The molecule has 0 saturated carbocycles. The summed E-state index contributed by atoms with van der Waals surface area (Å²) in [5, 5.41) is 22.0. The molecule has 0 bridgehead atoms. The van der Waals surface area contributed by atoms with Gasteiger partial charge in [0.2, 0.25) is 0 Å². The Morgan fingerprint density at radius 2 is 1.82 bits per heavy atom. The third-order valence-electron chi connectivity index (χ3n) is 3.14. The van der Waals surface area contributed by atoms with Gasteiger partial charge >= 0.3 is 5.97 Å². The average molecular weight is 308 g/mol. The number of Topliss-reactive ketones (excluding diaryl/α,β-unsaturated/α-hetero) is 1. The van der Waals surface area contributed by atoms with Crippen LogP contribution in [0.2, 0.25) is 0 Å². The van der Waals surface area contributed by atoms with Gasteiger partial charge in [-0.15, -0.1) is 0 Å². The number of carboxylic acids is 1. The van der Waals surface area contributed by atoms with Gasteiger partial charge in [0.15, 0.2) is 5.78 Å². The minimum Gasteiger partial charge on any atom is -0.481 e. The molecule has 1 aromatic rings. The maximum absolute atomic E-state index is 11.7. The minimum absolute atomic E-state index is 0.0177. The van der Waals surface area contributed by atoms with E-state index in [1.165, 1.54) is 12.1 Å². The molecule has 1 aromatic carbocycles. The molecule has 7 nitrogen and oxygen atoms in total. The van der Waals surface area contributed by atoms with Gasteiger partial charge < -0.3 is 10.4 Å². The molecular weight excluding hydrogens is 288 g/mol. The van der Waals surface area contributed by atoms with Gasteiger partial charge in [-0.3, -0.25) is 19.7 Å². The van der Waals surface area contributed by atoms with Crippen molar-refractivity contribution in [3.8, 4) is 0 Å². The van der Waals surface area contributed by atoms with Gasteiger partial charge in [-0.2, -0.15) is 0 Å². The van der Waals surface area contributed by atoms with E-state index < -0.39 is 10.9 Å². The number of carboxylic acid groups (broad SMARTS) is 1. The number of hydrogen-bond donors (Lipinski definition) is 2. The van der Waals surface area contributed by atoms with Crippen LogP contribution in [0.5, 0.6) is 0 Å². The molecule has 0 atom stereocenters. The summed E-state index contributed by atoms with van der Waals surface area (Å²) in [5.41, 5.74) is 0.528.